The molecular weight excluding hydrogens is 154 g/mol. The highest BCUT2D eigenvalue weighted by molar-refractivity contribution is 6.04. The van der Waals surface area contributed by atoms with E-state index in [4.69, 9.17) is 25.8 Å². The van der Waals surface area contributed by atoms with Crippen LogP contribution in [-0.2, 0) is 4.74 Å². The normalized spacial score (nSPS) is 10.8. The first-order valence-electron chi connectivity index (χ1n) is 3.93. The average molecular weight is 168 g/mol. The summed E-state index contributed by atoms with van der Waals surface area (Å²) in [5.41, 5.74) is 0. The van der Waals surface area contributed by atoms with Crippen molar-refractivity contribution in [1.82, 2.24) is 10.0 Å². The molecule has 12 heavy (non-hydrogen) atoms. The molecule has 2 N–H and O–H groups in total. The molecule has 4 radical (unpaired) electrons. The van der Waals surface area contributed by atoms with Crippen molar-refractivity contribution in [2.75, 3.05) is 39.5 Å². The highest BCUT2D eigenvalue weighted by Gasteiger charge is 1.95. The Hall–Kier alpha value is -0.0301. The molecule has 0 aliphatic rings. The Labute approximate surface area is 76.1 Å². The molecule has 0 amide bonds. The Morgan fingerprint density at radius 2 is 2.08 bits per heavy atom. The fraction of sp³-hybridized carbons (Fsp3) is 1.00. The van der Waals surface area contributed by atoms with Crippen molar-refractivity contribution in [2.45, 2.75) is 0 Å². The molecule has 0 saturated heterocycles. The fourth-order valence-electron chi connectivity index (χ4n) is 0.655. The van der Waals surface area contributed by atoms with E-state index in [1.807, 2.05) is 0 Å². The van der Waals surface area contributed by atoms with Crippen LogP contribution in [0.2, 0.25) is 0 Å². The van der Waals surface area contributed by atoms with Crippen LogP contribution in [0.1, 0.15) is 0 Å². The lowest BCUT2D eigenvalue weighted by molar-refractivity contribution is 0.124. The highest BCUT2D eigenvalue weighted by atomic mass is 16.5. The van der Waals surface area contributed by atoms with Crippen molar-refractivity contribution >= 4 is 16.0 Å². The monoisotopic (exact) mass is 168 g/mol. The molecule has 0 aromatic heterocycles. The van der Waals surface area contributed by atoms with Crippen molar-refractivity contribution in [1.29, 1.82) is 0 Å². The van der Waals surface area contributed by atoms with Crippen LogP contribution in [0, 0.1) is 0 Å². The van der Waals surface area contributed by atoms with Crippen molar-refractivity contribution in [2.24, 2.45) is 0 Å². The molecule has 0 aromatic carbocycles. The van der Waals surface area contributed by atoms with E-state index in [1.165, 1.54) is 4.81 Å². The number of hydrogen-bond donors (Lipinski definition) is 2. The van der Waals surface area contributed by atoms with Gasteiger partial charge in [0, 0.05) is 19.6 Å². The molecule has 0 spiro atoms. The summed E-state index contributed by atoms with van der Waals surface area (Å²) >= 11 is 0. The van der Waals surface area contributed by atoms with Gasteiger partial charge in [0.15, 0.2) is 16.0 Å². The molecule has 6 heteroatoms. The van der Waals surface area contributed by atoms with Gasteiger partial charge in [0.05, 0.1) is 19.8 Å². The van der Waals surface area contributed by atoms with Gasteiger partial charge in [0.1, 0.15) is 0 Å². The van der Waals surface area contributed by atoms with E-state index < -0.39 is 0 Å². The van der Waals surface area contributed by atoms with Crippen molar-refractivity contribution in [3.8, 4) is 0 Å². The number of hydrogen-bond acceptors (Lipinski definition) is 4. The maximum absolute atomic E-state index is 8.49. The molecule has 0 bridgehead atoms. The fourth-order valence-corrected chi connectivity index (χ4v) is 0.655. The van der Waals surface area contributed by atoms with Crippen LogP contribution in [0.15, 0.2) is 0 Å². The summed E-state index contributed by atoms with van der Waals surface area (Å²) in [4.78, 5) is 1.51. The van der Waals surface area contributed by atoms with Gasteiger partial charge in [-0.3, -0.25) is 0 Å². The SMILES string of the molecule is [B]NCCOCCN([B])CCO. The summed E-state index contributed by atoms with van der Waals surface area (Å²) in [6, 6.07) is 0. The molecular formula is C6H14B2N2O2. The van der Waals surface area contributed by atoms with Gasteiger partial charge in [-0.05, 0) is 0 Å². The molecule has 0 atom stereocenters. The number of aliphatic hydroxyl groups is 1. The maximum Gasteiger partial charge on any atom is 0.182 e. The number of ether oxygens (including phenoxy) is 1. The topological polar surface area (TPSA) is 44.7 Å². The van der Waals surface area contributed by atoms with Crippen molar-refractivity contribution in [3.63, 3.8) is 0 Å². The van der Waals surface area contributed by atoms with Crippen LogP contribution in [0.25, 0.3) is 0 Å². The van der Waals surface area contributed by atoms with Gasteiger partial charge in [-0.1, -0.05) is 0 Å². The summed E-state index contributed by atoms with van der Waals surface area (Å²) in [5, 5.41) is 11.0. The quantitative estimate of drug-likeness (QED) is 0.326. The van der Waals surface area contributed by atoms with Crippen LogP contribution >= 0.6 is 0 Å². The lowest BCUT2D eigenvalue weighted by Crippen LogP contribution is -2.28. The molecule has 66 valence electrons. The molecule has 0 fully saturated rings. The van der Waals surface area contributed by atoms with Gasteiger partial charge in [-0.25, -0.2) is 0 Å². The molecule has 0 aliphatic carbocycles. The molecule has 0 unspecified atom stereocenters. The first-order chi connectivity index (χ1) is 5.81. The van der Waals surface area contributed by atoms with E-state index in [-0.39, 0.29) is 6.61 Å². The number of rotatable bonds is 8. The third kappa shape index (κ3) is 8.07. The molecule has 4 nitrogen and oxygen atoms in total. The third-order valence-electron chi connectivity index (χ3n) is 1.30. The minimum Gasteiger partial charge on any atom is -0.395 e. The maximum atomic E-state index is 8.49. The van der Waals surface area contributed by atoms with Crippen molar-refractivity contribution < 1.29 is 9.84 Å². The van der Waals surface area contributed by atoms with Crippen LogP contribution in [0.4, 0.5) is 0 Å². The van der Waals surface area contributed by atoms with E-state index in [0.29, 0.717) is 32.8 Å². The predicted molar refractivity (Wildman–Crippen MR) is 49.0 cm³/mol. The summed E-state index contributed by atoms with van der Waals surface area (Å²) in [6.07, 6.45) is 0. The Balaban J connectivity index is 2.97. The van der Waals surface area contributed by atoms with Gasteiger partial charge in [-0.2, -0.15) is 0 Å². The van der Waals surface area contributed by atoms with Gasteiger partial charge in [0.2, 0.25) is 0 Å². The van der Waals surface area contributed by atoms with E-state index in [2.05, 4.69) is 5.23 Å². The van der Waals surface area contributed by atoms with Crippen LogP contribution < -0.4 is 5.23 Å². The lowest BCUT2D eigenvalue weighted by atomic mass is 10.3. The van der Waals surface area contributed by atoms with Crippen LogP contribution in [-0.4, -0.2) is 65.3 Å². The van der Waals surface area contributed by atoms with Crippen molar-refractivity contribution in [3.05, 3.63) is 0 Å². The van der Waals surface area contributed by atoms with E-state index in [0.717, 1.165) is 0 Å². The molecule has 0 aromatic rings. The Kier molecular flexibility index (Phi) is 9.04. The second-order valence-corrected chi connectivity index (χ2v) is 2.33. The molecule has 0 heterocycles. The predicted octanol–water partition coefficient (Wildman–Crippen LogP) is -1.95. The Bertz CT molecular complexity index is 97.6. The Morgan fingerprint density at radius 3 is 2.67 bits per heavy atom. The smallest absolute Gasteiger partial charge is 0.182 e. The zero-order chi connectivity index (χ0) is 9.23. The lowest BCUT2D eigenvalue weighted by Gasteiger charge is -2.15. The minimum absolute atomic E-state index is 0.0703. The summed E-state index contributed by atoms with van der Waals surface area (Å²) in [7, 11) is 10.5. The third-order valence-corrected chi connectivity index (χ3v) is 1.30. The van der Waals surface area contributed by atoms with Gasteiger partial charge in [-0.15, -0.1) is 0 Å². The minimum atomic E-state index is 0.0703. The van der Waals surface area contributed by atoms with Crippen LogP contribution in [0.3, 0.4) is 0 Å². The van der Waals surface area contributed by atoms with E-state index >= 15 is 0 Å². The summed E-state index contributed by atoms with van der Waals surface area (Å²) in [5.74, 6) is 0. The van der Waals surface area contributed by atoms with E-state index in [1.54, 1.807) is 0 Å². The van der Waals surface area contributed by atoms with Gasteiger partial charge in [0.25, 0.3) is 0 Å². The second kappa shape index (κ2) is 9.06. The van der Waals surface area contributed by atoms with E-state index in [9.17, 15) is 0 Å². The molecule has 0 rings (SSSR count). The van der Waals surface area contributed by atoms with Gasteiger partial charge < -0.3 is 19.9 Å². The summed E-state index contributed by atoms with van der Waals surface area (Å²) in [6.45, 7) is 2.91. The molecule has 0 saturated carbocycles. The number of aliphatic hydroxyl groups excluding tert-OH is 1. The summed E-state index contributed by atoms with van der Waals surface area (Å²) < 4.78 is 5.15. The average Bonchev–Trinajstić information content (AvgIpc) is 2.05. The number of nitrogens with one attached hydrogen (secondary N) is 1. The van der Waals surface area contributed by atoms with Crippen LogP contribution in [0.5, 0.6) is 0 Å². The highest BCUT2D eigenvalue weighted by Crippen LogP contribution is 1.80. The number of nitrogens with zero attached hydrogens (tertiary/aromatic N) is 1. The Morgan fingerprint density at radius 1 is 1.33 bits per heavy atom. The first-order valence-corrected chi connectivity index (χ1v) is 3.93. The zero-order valence-corrected chi connectivity index (χ0v) is 7.20. The zero-order valence-electron chi connectivity index (χ0n) is 7.20. The first kappa shape index (κ1) is 12.0. The van der Waals surface area contributed by atoms with Gasteiger partial charge >= 0.3 is 0 Å². The molecule has 0 aliphatic heterocycles. The standard InChI is InChI=1S/C6H14B2N2O2/c7-9-1-5-12-6-3-10(8)2-4-11/h9,11H,1-6H2. The largest absolute Gasteiger partial charge is 0.395 e. The second-order valence-electron chi connectivity index (χ2n) is 2.33.